The molecule has 7 nitrogen and oxygen atoms in total. The highest BCUT2D eigenvalue weighted by molar-refractivity contribution is 8.01. The van der Waals surface area contributed by atoms with Crippen molar-refractivity contribution in [2.75, 3.05) is 38.5 Å². The fourth-order valence-electron chi connectivity index (χ4n) is 3.54. The zero-order chi connectivity index (χ0) is 16.6. The van der Waals surface area contributed by atoms with E-state index in [2.05, 4.69) is 6.92 Å². The average Bonchev–Trinajstić information content (AvgIpc) is 3.04. The van der Waals surface area contributed by atoms with E-state index in [-0.39, 0.29) is 28.8 Å². The SMILES string of the molecule is CCOC(=O)N1CCN(C(=O)[C@@H]2CS[C@@]3(C)CCC(=O)N23)CC1. The number of carbonyl (C=O) groups excluding carboxylic acids is 3. The van der Waals surface area contributed by atoms with Gasteiger partial charge in [-0.3, -0.25) is 9.59 Å². The van der Waals surface area contributed by atoms with E-state index >= 15 is 0 Å². The summed E-state index contributed by atoms with van der Waals surface area (Å²) in [6, 6.07) is -0.353. The highest BCUT2D eigenvalue weighted by atomic mass is 32.2. The molecule has 128 valence electrons. The Hall–Kier alpha value is -1.44. The maximum Gasteiger partial charge on any atom is 0.409 e. The first-order valence-corrected chi connectivity index (χ1v) is 9.11. The molecule has 0 bridgehead atoms. The van der Waals surface area contributed by atoms with Gasteiger partial charge in [-0.15, -0.1) is 11.8 Å². The Bertz CT molecular complexity index is 521. The third kappa shape index (κ3) is 2.88. The molecule has 3 aliphatic rings. The van der Waals surface area contributed by atoms with Crippen molar-refractivity contribution in [1.29, 1.82) is 0 Å². The summed E-state index contributed by atoms with van der Waals surface area (Å²) in [6.07, 6.45) is 1.03. The Morgan fingerprint density at radius 2 is 1.91 bits per heavy atom. The van der Waals surface area contributed by atoms with Gasteiger partial charge in [0.15, 0.2) is 0 Å². The Morgan fingerprint density at radius 1 is 1.26 bits per heavy atom. The lowest BCUT2D eigenvalue weighted by atomic mass is 10.2. The molecule has 0 radical (unpaired) electrons. The Balaban J connectivity index is 1.60. The first-order chi connectivity index (χ1) is 11.0. The number of hydrogen-bond donors (Lipinski definition) is 0. The van der Waals surface area contributed by atoms with E-state index in [1.54, 1.807) is 33.4 Å². The molecular formula is C15H23N3O4S. The standard InChI is InChI=1S/C15H23N3O4S/c1-3-22-14(21)17-8-6-16(7-9-17)13(20)11-10-23-15(2)5-4-12(19)18(11)15/h11H,3-10H2,1-2H3/t11-,15-/m0/s1. The van der Waals surface area contributed by atoms with Gasteiger partial charge in [0.05, 0.1) is 11.5 Å². The van der Waals surface area contributed by atoms with Gasteiger partial charge in [-0.25, -0.2) is 4.79 Å². The lowest BCUT2D eigenvalue weighted by Gasteiger charge is -2.37. The van der Waals surface area contributed by atoms with Gasteiger partial charge in [0.2, 0.25) is 11.8 Å². The largest absolute Gasteiger partial charge is 0.450 e. The molecule has 3 rings (SSSR count). The molecule has 0 spiro atoms. The van der Waals surface area contributed by atoms with Crippen LogP contribution in [-0.4, -0.2) is 82.1 Å². The van der Waals surface area contributed by atoms with E-state index in [1.807, 2.05) is 0 Å². The van der Waals surface area contributed by atoms with Crippen LogP contribution in [0.25, 0.3) is 0 Å². The van der Waals surface area contributed by atoms with E-state index in [4.69, 9.17) is 4.74 Å². The van der Waals surface area contributed by atoms with E-state index < -0.39 is 0 Å². The Morgan fingerprint density at radius 3 is 2.57 bits per heavy atom. The molecule has 0 aromatic heterocycles. The molecule has 0 saturated carbocycles. The smallest absolute Gasteiger partial charge is 0.409 e. The molecule has 8 heteroatoms. The average molecular weight is 341 g/mol. The van der Waals surface area contributed by atoms with Crippen LogP contribution in [0.5, 0.6) is 0 Å². The zero-order valence-corrected chi connectivity index (χ0v) is 14.4. The molecule has 23 heavy (non-hydrogen) atoms. The number of fused-ring (bicyclic) bond motifs is 1. The number of rotatable bonds is 2. The summed E-state index contributed by atoms with van der Waals surface area (Å²) in [4.78, 5) is 41.6. The van der Waals surface area contributed by atoms with Gasteiger partial charge in [-0.1, -0.05) is 0 Å². The molecule has 2 atom stereocenters. The van der Waals surface area contributed by atoms with E-state index in [0.29, 0.717) is 45.0 Å². The minimum absolute atomic E-state index is 0.0139. The number of thioether (sulfide) groups is 1. The number of piperazine rings is 1. The third-order valence-corrected chi connectivity index (χ3v) is 6.35. The number of amides is 3. The van der Waals surface area contributed by atoms with Crippen molar-refractivity contribution in [3.8, 4) is 0 Å². The summed E-state index contributed by atoms with van der Waals surface area (Å²) < 4.78 is 4.99. The minimum atomic E-state index is -0.353. The summed E-state index contributed by atoms with van der Waals surface area (Å²) in [7, 11) is 0. The normalized spacial score (nSPS) is 30.6. The van der Waals surface area contributed by atoms with Crippen molar-refractivity contribution in [3.05, 3.63) is 0 Å². The van der Waals surface area contributed by atoms with E-state index in [1.165, 1.54) is 0 Å². The van der Waals surface area contributed by atoms with Crippen LogP contribution in [-0.2, 0) is 14.3 Å². The van der Waals surface area contributed by atoms with Gasteiger partial charge < -0.3 is 19.4 Å². The van der Waals surface area contributed by atoms with Crippen LogP contribution in [0.2, 0.25) is 0 Å². The van der Waals surface area contributed by atoms with Gasteiger partial charge in [0.25, 0.3) is 0 Å². The first-order valence-electron chi connectivity index (χ1n) is 8.13. The van der Waals surface area contributed by atoms with Gasteiger partial charge in [-0.2, -0.15) is 0 Å². The van der Waals surface area contributed by atoms with Crippen LogP contribution < -0.4 is 0 Å². The molecule has 0 unspecified atom stereocenters. The van der Waals surface area contributed by atoms with Crippen molar-refractivity contribution in [3.63, 3.8) is 0 Å². The van der Waals surface area contributed by atoms with Crippen molar-refractivity contribution in [1.82, 2.24) is 14.7 Å². The van der Waals surface area contributed by atoms with Crippen LogP contribution in [0.1, 0.15) is 26.7 Å². The van der Waals surface area contributed by atoms with Gasteiger partial charge in [0, 0.05) is 38.4 Å². The highest BCUT2D eigenvalue weighted by Crippen LogP contribution is 2.47. The second kappa shape index (κ2) is 6.22. The number of nitrogens with zero attached hydrogens (tertiary/aromatic N) is 3. The molecule has 0 N–H and O–H groups in total. The maximum absolute atomic E-state index is 12.8. The second-order valence-electron chi connectivity index (χ2n) is 6.28. The molecule has 0 aromatic carbocycles. The molecule has 0 aromatic rings. The van der Waals surface area contributed by atoms with Gasteiger partial charge in [-0.05, 0) is 20.3 Å². The van der Waals surface area contributed by atoms with Crippen LogP contribution in [0.4, 0.5) is 4.79 Å². The topological polar surface area (TPSA) is 70.2 Å². The lowest BCUT2D eigenvalue weighted by molar-refractivity contribution is -0.144. The van der Waals surface area contributed by atoms with Gasteiger partial charge in [0.1, 0.15) is 6.04 Å². The van der Waals surface area contributed by atoms with E-state index in [0.717, 1.165) is 6.42 Å². The van der Waals surface area contributed by atoms with Crippen LogP contribution >= 0.6 is 11.8 Å². The second-order valence-corrected chi connectivity index (χ2v) is 7.78. The molecule has 0 aliphatic carbocycles. The molecular weight excluding hydrogens is 318 g/mol. The van der Waals surface area contributed by atoms with Crippen molar-refractivity contribution >= 4 is 29.7 Å². The molecule has 3 saturated heterocycles. The fraction of sp³-hybridized carbons (Fsp3) is 0.800. The first kappa shape index (κ1) is 16.4. The summed E-state index contributed by atoms with van der Waals surface area (Å²) in [6.45, 7) is 6.14. The summed E-state index contributed by atoms with van der Waals surface area (Å²) in [5.41, 5.74) is 0. The maximum atomic E-state index is 12.8. The van der Waals surface area contributed by atoms with Crippen molar-refractivity contribution < 1.29 is 19.1 Å². The lowest BCUT2D eigenvalue weighted by Crippen LogP contribution is -2.56. The highest BCUT2D eigenvalue weighted by Gasteiger charge is 2.53. The predicted molar refractivity (Wildman–Crippen MR) is 85.9 cm³/mol. The summed E-state index contributed by atoms with van der Waals surface area (Å²) in [5.74, 6) is 0.764. The quantitative estimate of drug-likeness (QED) is 0.741. The summed E-state index contributed by atoms with van der Waals surface area (Å²) >= 11 is 1.70. The predicted octanol–water partition coefficient (Wildman–Crippen LogP) is 0.741. The molecule has 3 aliphatic heterocycles. The molecule has 3 amide bonds. The van der Waals surface area contributed by atoms with Crippen molar-refractivity contribution in [2.45, 2.75) is 37.6 Å². The zero-order valence-electron chi connectivity index (χ0n) is 13.6. The van der Waals surface area contributed by atoms with Crippen LogP contribution in [0.3, 0.4) is 0 Å². The Labute approximate surface area is 140 Å². The van der Waals surface area contributed by atoms with Crippen LogP contribution in [0.15, 0.2) is 0 Å². The number of hydrogen-bond acceptors (Lipinski definition) is 5. The minimum Gasteiger partial charge on any atom is -0.450 e. The Kier molecular flexibility index (Phi) is 4.44. The molecule has 3 heterocycles. The number of carbonyl (C=O) groups is 3. The van der Waals surface area contributed by atoms with Crippen LogP contribution in [0, 0.1) is 0 Å². The summed E-state index contributed by atoms with van der Waals surface area (Å²) in [5, 5.41) is 0. The fourth-order valence-corrected chi connectivity index (χ4v) is 4.96. The monoisotopic (exact) mass is 341 g/mol. The number of ether oxygens (including phenoxy) is 1. The van der Waals surface area contributed by atoms with Crippen molar-refractivity contribution in [2.24, 2.45) is 0 Å². The molecule has 3 fully saturated rings. The van der Waals surface area contributed by atoms with E-state index in [9.17, 15) is 14.4 Å². The third-order valence-electron chi connectivity index (χ3n) is 4.85. The van der Waals surface area contributed by atoms with Gasteiger partial charge >= 0.3 is 6.09 Å².